The van der Waals surface area contributed by atoms with Crippen molar-refractivity contribution in [2.45, 2.75) is 51.1 Å². The second-order valence-corrected chi connectivity index (χ2v) is 7.40. The number of hydrogen-bond donors (Lipinski definition) is 1. The van der Waals surface area contributed by atoms with Gasteiger partial charge in [-0.15, -0.1) is 0 Å². The van der Waals surface area contributed by atoms with Crippen molar-refractivity contribution < 1.29 is 9.18 Å². The molecular weight excluding hydrogens is 317 g/mol. The van der Waals surface area contributed by atoms with Crippen LogP contribution in [0.2, 0.25) is 0 Å². The van der Waals surface area contributed by atoms with Gasteiger partial charge in [-0.2, -0.15) is 0 Å². The number of piperidine rings is 1. The summed E-state index contributed by atoms with van der Waals surface area (Å²) in [5.41, 5.74) is 1.08. The zero-order chi connectivity index (χ0) is 17.6. The lowest BCUT2D eigenvalue weighted by Crippen LogP contribution is -2.47. The van der Waals surface area contributed by atoms with Crippen LogP contribution in [0.1, 0.15) is 38.2 Å². The van der Waals surface area contributed by atoms with Gasteiger partial charge < -0.3 is 15.1 Å². The Bertz CT molecular complexity index is 555. The van der Waals surface area contributed by atoms with Crippen molar-refractivity contribution in [3.8, 4) is 0 Å². The van der Waals surface area contributed by atoms with Gasteiger partial charge in [-0.05, 0) is 63.0 Å². The van der Waals surface area contributed by atoms with Gasteiger partial charge in [-0.1, -0.05) is 19.1 Å². The summed E-state index contributed by atoms with van der Waals surface area (Å²) in [4.78, 5) is 16.7. The van der Waals surface area contributed by atoms with Crippen molar-refractivity contribution in [3.63, 3.8) is 0 Å². The number of rotatable bonds is 7. The Morgan fingerprint density at radius 3 is 2.52 bits per heavy atom. The number of benzene rings is 1. The van der Waals surface area contributed by atoms with Crippen LogP contribution >= 0.6 is 0 Å². The van der Waals surface area contributed by atoms with E-state index in [9.17, 15) is 9.18 Å². The first-order chi connectivity index (χ1) is 12.1. The van der Waals surface area contributed by atoms with Crippen LogP contribution in [0.5, 0.6) is 0 Å². The van der Waals surface area contributed by atoms with E-state index in [1.807, 2.05) is 4.90 Å². The van der Waals surface area contributed by atoms with Gasteiger partial charge >= 0.3 is 0 Å². The van der Waals surface area contributed by atoms with Crippen LogP contribution in [-0.2, 0) is 11.2 Å². The molecule has 2 fully saturated rings. The molecule has 0 aromatic heterocycles. The SMILES string of the molecule is CCCN1CCC(NC2CC(=O)N(CCc3ccc(F)cc3)C2)CC1. The lowest BCUT2D eigenvalue weighted by Gasteiger charge is -2.33. The Labute approximate surface area is 150 Å². The zero-order valence-electron chi connectivity index (χ0n) is 15.2. The minimum absolute atomic E-state index is 0.213. The maximum absolute atomic E-state index is 13.0. The molecule has 1 N–H and O–H groups in total. The maximum Gasteiger partial charge on any atom is 0.224 e. The number of amides is 1. The summed E-state index contributed by atoms with van der Waals surface area (Å²) in [6.45, 7) is 7.29. The fraction of sp³-hybridized carbons (Fsp3) is 0.650. The predicted octanol–water partition coefficient (Wildman–Crippen LogP) is 2.43. The summed E-state index contributed by atoms with van der Waals surface area (Å²) in [7, 11) is 0. The highest BCUT2D eigenvalue weighted by atomic mass is 19.1. The molecule has 0 bridgehead atoms. The Morgan fingerprint density at radius 2 is 1.84 bits per heavy atom. The third-order valence-corrected chi connectivity index (χ3v) is 5.40. The van der Waals surface area contributed by atoms with Crippen LogP contribution in [0.3, 0.4) is 0 Å². The Kier molecular flexibility index (Phi) is 6.43. The second kappa shape index (κ2) is 8.77. The number of likely N-dealkylation sites (tertiary alicyclic amines) is 2. The molecule has 25 heavy (non-hydrogen) atoms. The van der Waals surface area contributed by atoms with E-state index in [1.54, 1.807) is 12.1 Å². The van der Waals surface area contributed by atoms with E-state index >= 15 is 0 Å². The minimum atomic E-state index is -0.213. The molecule has 2 heterocycles. The van der Waals surface area contributed by atoms with Gasteiger partial charge in [0.1, 0.15) is 5.82 Å². The summed E-state index contributed by atoms with van der Waals surface area (Å²) < 4.78 is 13.0. The molecule has 0 spiro atoms. The fourth-order valence-electron chi connectivity index (χ4n) is 3.99. The van der Waals surface area contributed by atoms with Gasteiger partial charge in [-0.3, -0.25) is 4.79 Å². The third kappa shape index (κ3) is 5.25. The third-order valence-electron chi connectivity index (χ3n) is 5.40. The molecule has 1 amide bonds. The molecule has 3 rings (SSSR count). The van der Waals surface area contributed by atoms with Gasteiger partial charge in [0.15, 0.2) is 0 Å². The van der Waals surface area contributed by atoms with Crippen LogP contribution in [0, 0.1) is 5.82 Å². The molecular formula is C20H30FN3O. The first-order valence-electron chi connectivity index (χ1n) is 9.64. The van der Waals surface area contributed by atoms with Crippen LogP contribution in [0.4, 0.5) is 4.39 Å². The molecule has 1 aromatic rings. The Morgan fingerprint density at radius 1 is 1.12 bits per heavy atom. The van der Waals surface area contributed by atoms with Crippen molar-refractivity contribution in [2.75, 3.05) is 32.7 Å². The first-order valence-corrected chi connectivity index (χ1v) is 9.64. The van der Waals surface area contributed by atoms with E-state index in [-0.39, 0.29) is 17.8 Å². The van der Waals surface area contributed by atoms with E-state index in [1.165, 1.54) is 51.0 Å². The van der Waals surface area contributed by atoms with Gasteiger partial charge in [0.2, 0.25) is 5.91 Å². The van der Waals surface area contributed by atoms with Gasteiger partial charge in [-0.25, -0.2) is 4.39 Å². The first kappa shape index (κ1) is 18.3. The highest BCUT2D eigenvalue weighted by Gasteiger charge is 2.31. The monoisotopic (exact) mass is 347 g/mol. The van der Waals surface area contributed by atoms with E-state index in [2.05, 4.69) is 17.1 Å². The number of halogens is 1. The Balaban J connectivity index is 1.41. The van der Waals surface area contributed by atoms with Crippen molar-refractivity contribution in [2.24, 2.45) is 0 Å². The quantitative estimate of drug-likeness (QED) is 0.823. The van der Waals surface area contributed by atoms with E-state index in [0.29, 0.717) is 12.5 Å². The smallest absolute Gasteiger partial charge is 0.224 e. The average Bonchev–Trinajstić information content (AvgIpc) is 2.96. The molecule has 138 valence electrons. The number of nitrogens with zero attached hydrogens (tertiary/aromatic N) is 2. The zero-order valence-corrected chi connectivity index (χ0v) is 15.2. The molecule has 2 aliphatic rings. The van der Waals surface area contributed by atoms with E-state index < -0.39 is 0 Å². The molecule has 2 aliphatic heterocycles. The van der Waals surface area contributed by atoms with Gasteiger partial charge in [0, 0.05) is 31.6 Å². The molecule has 0 radical (unpaired) electrons. The molecule has 0 saturated carbocycles. The standard InChI is InChI=1S/C20H30FN3O/c1-2-10-23-11-8-18(9-12-23)22-19-14-20(25)24(15-19)13-7-16-3-5-17(21)6-4-16/h3-6,18-19,22H,2,7-15H2,1H3. The number of hydrogen-bond acceptors (Lipinski definition) is 3. The van der Waals surface area contributed by atoms with Crippen molar-refractivity contribution in [1.82, 2.24) is 15.1 Å². The van der Waals surface area contributed by atoms with E-state index in [0.717, 1.165) is 25.1 Å². The molecule has 1 unspecified atom stereocenters. The molecule has 5 heteroatoms. The molecule has 0 aliphatic carbocycles. The molecule has 1 aromatic carbocycles. The van der Waals surface area contributed by atoms with Crippen molar-refractivity contribution in [1.29, 1.82) is 0 Å². The number of carbonyl (C=O) groups excluding carboxylic acids is 1. The normalized spacial score (nSPS) is 22.7. The second-order valence-electron chi connectivity index (χ2n) is 7.40. The molecule has 4 nitrogen and oxygen atoms in total. The summed E-state index contributed by atoms with van der Waals surface area (Å²) >= 11 is 0. The molecule has 2 saturated heterocycles. The summed E-state index contributed by atoms with van der Waals surface area (Å²) in [6, 6.07) is 7.39. The van der Waals surface area contributed by atoms with Crippen LogP contribution in [0.25, 0.3) is 0 Å². The topological polar surface area (TPSA) is 35.6 Å². The van der Waals surface area contributed by atoms with Crippen LogP contribution < -0.4 is 5.32 Å². The highest BCUT2D eigenvalue weighted by molar-refractivity contribution is 5.79. The number of carbonyl (C=O) groups is 1. The van der Waals surface area contributed by atoms with E-state index in [4.69, 9.17) is 0 Å². The summed E-state index contributed by atoms with van der Waals surface area (Å²) in [6.07, 6.45) is 4.98. The van der Waals surface area contributed by atoms with Crippen LogP contribution in [0.15, 0.2) is 24.3 Å². The maximum atomic E-state index is 13.0. The van der Waals surface area contributed by atoms with Crippen LogP contribution in [-0.4, -0.2) is 60.5 Å². The predicted molar refractivity (Wildman–Crippen MR) is 98.0 cm³/mol. The van der Waals surface area contributed by atoms with Crippen molar-refractivity contribution >= 4 is 5.91 Å². The minimum Gasteiger partial charge on any atom is -0.341 e. The Hall–Kier alpha value is -1.46. The fourth-order valence-corrected chi connectivity index (χ4v) is 3.99. The number of nitrogens with one attached hydrogen (secondary N) is 1. The molecule has 1 atom stereocenters. The van der Waals surface area contributed by atoms with Gasteiger partial charge in [0.05, 0.1) is 0 Å². The average molecular weight is 347 g/mol. The lowest BCUT2D eigenvalue weighted by atomic mass is 10.0. The summed E-state index contributed by atoms with van der Waals surface area (Å²) in [5.74, 6) is 0.0262. The highest BCUT2D eigenvalue weighted by Crippen LogP contribution is 2.17. The summed E-state index contributed by atoms with van der Waals surface area (Å²) in [5, 5.41) is 3.71. The van der Waals surface area contributed by atoms with Crippen molar-refractivity contribution in [3.05, 3.63) is 35.6 Å². The largest absolute Gasteiger partial charge is 0.341 e. The van der Waals surface area contributed by atoms with Gasteiger partial charge in [0.25, 0.3) is 0 Å². The lowest BCUT2D eigenvalue weighted by molar-refractivity contribution is -0.127.